The third kappa shape index (κ3) is 4.22. The number of hydrogen-bond acceptors (Lipinski definition) is 2. The van der Waals surface area contributed by atoms with E-state index < -0.39 is 6.10 Å². The van der Waals surface area contributed by atoms with E-state index in [-0.39, 0.29) is 5.91 Å². The maximum absolute atomic E-state index is 12.2. The third-order valence-electron chi connectivity index (χ3n) is 3.55. The second-order valence-electron chi connectivity index (χ2n) is 5.46. The van der Waals surface area contributed by atoms with Crippen LogP contribution in [0.15, 0.2) is 36.4 Å². The van der Waals surface area contributed by atoms with Crippen LogP contribution in [-0.4, -0.2) is 12.0 Å². The van der Waals surface area contributed by atoms with Crippen LogP contribution < -0.4 is 10.1 Å². The second-order valence-corrected chi connectivity index (χ2v) is 6.71. The van der Waals surface area contributed by atoms with Gasteiger partial charge in [-0.05, 0) is 97.3 Å². The Balaban J connectivity index is 2.07. The normalized spacial score (nSPS) is 11.9. The van der Waals surface area contributed by atoms with Gasteiger partial charge in [-0.3, -0.25) is 4.79 Å². The minimum Gasteiger partial charge on any atom is -0.481 e. The number of hydrogen-bond donors (Lipinski definition) is 1. The summed E-state index contributed by atoms with van der Waals surface area (Å²) < 4.78 is 6.98. The van der Waals surface area contributed by atoms with Gasteiger partial charge in [-0.1, -0.05) is 6.07 Å². The van der Waals surface area contributed by atoms with Crippen LogP contribution in [0.4, 0.5) is 5.69 Å². The molecule has 3 nitrogen and oxygen atoms in total. The minimum atomic E-state index is -0.556. The van der Waals surface area contributed by atoms with Crippen LogP contribution in [0, 0.1) is 24.3 Å². The van der Waals surface area contributed by atoms with Crippen molar-refractivity contribution in [3.63, 3.8) is 0 Å². The SMILES string of the molecule is Cc1cc(C)c(C)c(O[C@H](C)C(=O)Nc2ccc(I)cc2)c1. The Kier molecular flexibility index (Phi) is 5.45. The molecule has 0 saturated carbocycles. The highest BCUT2D eigenvalue weighted by atomic mass is 127. The van der Waals surface area contributed by atoms with Crippen LogP contribution >= 0.6 is 22.6 Å². The van der Waals surface area contributed by atoms with Crippen molar-refractivity contribution in [1.29, 1.82) is 0 Å². The van der Waals surface area contributed by atoms with E-state index in [1.807, 2.05) is 51.1 Å². The Hall–Kier alpha value is -1.56. The zero-order valence-electron chi connectivity index (χ0n) is 13.2. The van der Waals surface area contributed by atoms with E-state index in [2.05, 4.69) is 34.0 Å². The Labute approximate surface area is 145 Å². The van der Waals surface area contributed by atoms with Gasteiger partial charge in [-0.15, -0.1) is 0 Å². The fraction of sp³-hybridized carbons (Fsp3) is 0.278. The molecule has 2 rings (SSSR count). The quantitative estimate of drug-likeness (QED) is 0.749. The van der Waals surface area contributed by atoms with Gasteiger partial charge in [0.05, 0.1) is 0 Å². The molecule has 0 aliphatic rings. The summed E-state index contributed by atoms with van der Waals surface area (Å²) in [4.78, 5) is 12.2. The summed E-state index contributed by atoms with van der Waals surface area (Å²) in [5, 5.41) is 2.87. The summed E-state index contributed by atoms with van der Waals surface area (Å²) in [5.74, 6) is 0.613. The lowest BCUT2D eigenvalue weighted by molar-refractivity contribution is -0.122. The van der Waals surface area contributed by atoms with Crippen molar-refractivity contribution in [3.8, 4) is 5.75 Å². The van der Waals surface area contributed by atoms with Gasteiger partial charge < -0.3 is 10.1 Å². The molecule has 0 bridgehead atoms. The molecule has 1 N–H and O–H groups in total. The molecule has 0 spiro atoms. The van der Waals surface area contributed by atoms with Crippen LogP contribution in [-0.2, 0) is 4.79 Å². The van der Waals surface area contributed by atoms with Crippen LogP contribution in [0.2, 0.25) is 0 Å². The van der Waals surface area contributed by atoms with Crippen molar-refractivity contribution in [1.82, 2.24) is 0 Å². The van der Waals surface area contributed by atoms with E-state index in [1.165, 1.54) is 5.56 Å². The van der Waals surface area contributed by atoms with Gasteiger partial charge in [0, 0.05) is 9.26 Å². The first kappa shape index (κ1) is 16.8. The highest BCUT2D eigenvalue weighted by Crippen LogP contribution is 2.24. The number of halogens is 1. The number of amides is 1. The number of carbonyl (C=O) groups excluding carboxylic acids is 1. The number of benzene rings is 2. The molecule has 0 aromatic heterocycles. The number of anilines is 1. The molecule has 0 heterocycles. The van der Waals surface area contributed by atoms with Gasteiger partial charge in [-0.2, -0.15) is 0 Å². The average molecular weight is 409 g/mol. The molecule has 0 unspecified atom stereocenters. The molecule has 1 atom stereocenters. The minimum absolute atomic E-state index is 0.153. The van der Waals surface area contributed by atoms with Crippen LogP contribution in [0.5, 0.6) is 5.75 Å². The zero-order chi connectivity index (χ0) is 16.3. The molecule has 0 aliphatic heterocycles. The number of ether oxygens (including phenoxy) is 1. The third-order valence-corrected chi connectivity index (χ3v) is 4.27. The predicted octanol–water partition coefficient (Wildman–Crippen LogP) is 4.62. The van der Waals surface area contributed by atoms with Gasteiger partial charge in [0.25, 0.3) is 5.91 Å². The fourth-order valence-corrected chi connectivity index (χ4v) is 2.50. The van der Waals surface area contributed by atoms with Crippen LogP contribution in [0.25, 0.3) is 0 Å². The summed E-state index contributed by atoms with van der Waals surface area (Å²) in [5.41, 5.74) is 4.14. The lowest BCUT2D eigenvalue weighted by Crippen LogP contribution is -2.30. The standard InChI is InChI=1S/C18H20INO2/c1-11-9-12(2)13(3)17(10-11)22-14(4)18(21)20-16-7-5-15(19)6-8-16/h5-10,14H,1-4H3,(H,20,21)/t14-/m1/s1. The lowest BCUT2D eigenvalue weighted by Gasteiger charge is -2.18. The summed E-state index contributed by atoms with van der Waals surface area (Å²) in [7, 11) is 0. The van der Waals surface area contributed by atoms with Gasteiger partial charge in [0.2, 0.25) is 0 Å². The first-order chi connectivity index (χ1) is 10.4. The van der Waals surface area contributed by atoms with Gasteiger partial charge in [-0.25, -0.2) is 0 Å². The first-order valence-corrected chi connectivity index (χ1v) is 8.25. The van der Waals surface area contributed by atoms with Crippen molar-refractivity contribution in [2.24, 2.45) is 0 Å². The maximum Gasteiger partial charge on any atom is 0.265 e. The van der Waals surface area contributed by atoms with E-state index in [0.717, 1.165) is 26.1 Å². The largest absolute Gasteiger partial charge is 0.481 e. The molecule has 0 saturated heterocycles. The summed E-state index contributed by atoms with van der Waals surface area (Å²) in [6, 6.07) is 11.8. The van der Waals surface area contributed by atoms with E-state index >= 15 is 0 Å². The zero-order valence-corrected chi connectivity index (χ0v) is 15.4. The molecular weight excluding hydrogens is 389 g/mol. The van der Waals surface area contributed by atoms with Crippen LogP contribution in [0.3, 0.4) is 0 Å². The van der Waals surface area contributed by atoms with E-state index in [1.54, 1.807) is 6.92 Å². The molecule has 1 amide bonds. The molecule has 0 radical (unpaired) electrons. The monoisotopic (exact) mass is 409 g/mol. The molecule has 2 aromatic carbocycles. The van der Waals surface area contributed by atoms with Gasteiger partial charge in [0.15, 0.2) is 6.10 Å². The molecular formula is C18H20INO2. The van der Waals surface area contributed by atoms with Crippen molar-refractivity contribution < 1.29 is 9.53 Å². The summed E-state index contributed by atoms with van der Waals surface area (Å²) in [6.45, 7) is 7.84. The second kappa shape index (κ2) is 7.13. The average Bonchev–Trinajstić information content (AvgIpc) is 2.46. The Morgan fingerprint density at radius 2 is 1.77 bits per heavy atom. The number of carbonyl (C=O) groups is 1. The first-order valence-electron chi connectivity index (χ1n) is 7.18. The Morgan fingerprint density at radius 3 is 2.41 bits per heavy atom. The Bertz CT molecular complexity index is 680. The Morgan fingerprint density at radius 1 is 1.14 bits per heavy atom. The molecule has 22 heavy (non-hydrogen) atoms. The number of rotatable bonds is 4. The molecule has 116 valence electrons. The van der Waals surface area contributed by atoms with E-state index in [4.69, 9.17) is 4.74 Å². The highest BCUT2D eigenvalue weighted by Gasteiger charge is 2.16. The molecule has 2 aromatic rings. The van der Waals surface area contributed by atoms with Crippen molar-refractivity contribution in [3.05, 3.63) is 56.7 Å². The van der Waals surface area contributed by atoms with Gasteiger partial charge >= 0.3 is 0 Å². The molecule has 4 heteroatoms. The van der Waals surface area contributed by atoms with Crippen molar-refractivity contribution in [2.75, 3.05) is 5.32 Å². The van der Waals surface area contributed by atoms with E-state index in [0.29, 0.717) is 0 Å². The molecule has 0 aliphatic carbocycles. The molecule has 0 fully saturated rings. The highest BCUT2D eigenvalue weighted by molar-refractivity contribution is 14.1. The van der Waals surface area contributed by atoms with Crippen LogP contribution in [0.1, 0.15) is 23.6 Å². The lowest BCUT2D eigenvalue weighted by atomic mass is 10.1. The smallest absolute Gasteiger partial charge is 0.265 e. The van der Waals surface area contributed by atoms with E-state index in [9.17, 15) is 4.79 Å². The van der Waals surface area contributed by atoms with Crippen molar-refractivity contribution in [2.45, 2.75) is 33.8 Å². The number of aryl methyl sites for hydroxylation is 2. The topological polar surface area (TPSA) is 38.3 Å². The number of nitrogens with one attached hydrogen (secondary N) is 1. The fourth-order valence-electron chi connectivity index (χ4n) is 2.14. The van der Waals surface area contributed by atoms with Crippen molar-refractivity contribution >= 4 is 34.2 Å². The van der Waals surface area contributed by atoms with Gasteiger partial charge in [0.1, 0.15) is 5.75 Å². The summed E-state index contributed by atoms with van der Waals surface area (Å²) >= 11 is 2.23. The summed E-state index contributed by atoms with van der Waals surface area (Å²) in [6.07, 6.45) is -0.556. The maximum atomic E-state index is 12.2. The predicted molar refractivity (Wildman–Crippen MR) is 98.5 cm³/mol.